The van der Waals surface area contributed by atoms with E-state index in [1.165, 1.54) is 0 Å². The first-order valence-corrected chi connectivity index (χ1v) is 3.61. The summed E-state index contributed by atoms with van der Waals surface area (Å²) in [5.74, 6) is 0. The lowest BCUT2D eigenvalue weighted by Gasteiger charge is -2.20. The zero-order chi connectivity index (χ0) is 10.1. The molecule has 0 radical (unpaired) electrons. The summed E-state index contributed by atoms with van der Waals surface area (Å²) in [6.45, 7) is -1.33. The number of carbonyl (C=O) groups is 1. The van der Waals surface area contributed by atoms with Gasteiger partial charge in [-0.3, -0.25) is 4.84 Å². The third-order valence-corrected chi connectivity index (χ3v) is 1.68. The molecule has 0 aromatic heterocycles. The lowest BCUT2D eigenvalue weighted by Crippen LogP contribution is -2.44. The molecule has 1 fully saturated rings. The van der Waals surface area contributed by atoms with Crippen LogP contribution in [0.25, 0.3) is 0 Å². The van der Waals surface area contributed by atoms with E-state index >= 15 is 0 Å². The van der Waals surface area contributed by atoms with Gasteiger partial charge in [0.1, 0.15) is 18.9 Å². The van der Waals surface area contributed by atoms with Crippen LogP contribution in [0.15, 0.2) is 0 Å². The summed E-state index contributed by atoms with van der Waals surface area (Å²) in [5, 5.41) is 0.567. The second-order valence-electron chi connectivity index (χ2n) is 2.78. The van der Waals surface area contributed by atoms with Crippen LogP contribution in [0.2, 0.25) is 0 Å². The molecular weight excluding hydrogens is 189 g/mol. The van der Waals surface area contributed by atoms with Crippen LogP contribution in [-0.4, -0.2) is 42.8 Å². The maximum absolute atomic E-state index is 11.9. The molecule has 0 aliphatic carbocycles. The van der Waals surface area contributed by atoms with Crippen molar-refractivity contribution in [2.45, 2.75) is 18.3 Å². The van der Waals surface area contributed by atoms with Gasteiger partial charge in [-0.1, -0.05) is 0 Å². The molecule has 1 unspecified atom stereocenters. The van der Waals surface area contributed by atoms with Crippen molar-refractivity contribution < 1.29 is 22.8 Å². The highest BCUT2D eigenvalue weighted by Crippen LogP contribution is 2.21. The first kappa shape index (κ1) is 10.4. The Morgan fingerprint density at radius 2 is 2.23 bits per heavy atom. The fourth-order valence-corrected chi connectivity index (χ4v) is 1.08. The summed E-state index contributed by atoms with van der Waals surface area (Å²) in [7, 11) is 0. The molecule has 1 rings (SSSR count). The van der Waals surface area contributed by atoms with Crippen LogP contribution in [0.5, 0.6) is 0 Å². The molecule has 2 atom stereocenters. The van der Waals surface area contributed by atoms with Crippen molar-refractivity contribution >= 4 is 6.29 Å². The molecule has 1 saturated heterocycles. The summed E-state index contributed by atoms with van der Waals surface area (Å²) in [5.41, 5.74) is 5.33. The van der Waals surface area contributed by atoms with Crippen LogP contribution < -0.4 is 5.73 Å². The van der Waals surface area contributed by atoms with E-state index in [9.17, 15) is 18.0 Å². The molecule has 7 heteroatoms. The summed E-state index contributed by atoms with van der Waals surface area (Å²) in [6.07, 6.45) is -4.02. The predicted molar refractivity (Wildman–Crippen MR) is 36.5 cm³/mol. The molecule has 4 nitrogen and oxygen atoms in total. The van der Waals surface area contributed by atoms with Crippen molar-refractivity contribution in [1.82, 2.24) is 5.06 Å². The van der Waals surface area contributed by atoms with Crippen molar-refractivity contribution in [3.05, 3.63) is 0 Å². The molecule has 76 valence electrons. The van der Waals surface area contributed by atoms with E-state index in [1.807, 2.05) is 0 Å². The zero-order valence-corrected chi connectivity index (χ0v) is 6.62. The number of alkyl halides is 3. The van der Waals surface area contributed by atoms with E-state index in [2.05, 4.69) is 4.84 Å². The zero-order valence-electron chi connectivity index (χ0n) is 6.62. The lowest BCUT2D eigenvalue weighted by molar-refractivity contribution is -0.220. The molecule has 0 bridgehead atoms. The fourth-order valence-electron chi connectivity index (χ4n) is 1.08. The van der Waals surface area contributed by atoms with Gasteiger partial charge in [-0.05, 0) is 0 Å². The topological polar surface area (TPSA) is 55.6 Å². The van der Waals surface area contributed by atoms with Crippen molar-refractivity contribution in [2.24, 2.45) is 5.73 Å². The Morgan fingerprint density at radius 1 is 1.62 bits per heavy atom. The lowest BCUT2D eigenvalue weighted by atomic mass is 10.2. The van der Waals surface area contributed by atoms with Gasteiger partial charge < -0.3 is 10.5 Å². The van der Waals surface area contributed by atoms with Crippen molar-refractivity contribution in [3.8, 4) is 0 Å². The molecule has 0 aromatic carbocycles. The maximum atomic E-state index is 11.9. The van der Waals surface area contributed by atoms with Gasteiger partial charge in [0.25, 0.3) is 0 Å². The number of hydrogen-bond donors (Lipinski definition) is 1. The summed E-state index contributed by atoms with van der Waals surface area (Å²) < 4.78 is 35.6. The van der Waals surface area contributed by atoms with E-state index in [-0.39, 0.29) is 6.61 Å². The fraction of sp³-hybridized carbons (Fsp3) is 0.833. The summed E-state index contributed by atoms with van der Waals surface area (Å²) >= 11 is 0. The normalized spacial score (nSPS) is 30.8. The Morgan fingerprint density at radius 3 is 2.69 bits per heavy atom. The SMILES string of the molecule is N[C@H]1CON(CC(F)(F)F)C1C=O. The van der Waals surface area contributed by atoms with Crippen LogP contribution in [-0.2, 0) is 9.63 Å². The predicted octanol–water partition coefficient (Wildman–Crippen LogP) is -0.309. The first-order chi connectivity index (χ1) is 5.94. The minimum absolute atomic E-state index is 0.0561. The molecule has 2 N–H and O–H groups in total. The van der Waals surface area contributed by atoms with Gasteiger partial charge in [0.15, 0.2) is 0 Å². The Hall–Kier alpha value is -0.660. The highest BCUT2D eigenvalue weighted by Gasteiger charge is 2.40. The number of aldehydes is 1. The number of rotatable bonds is 2. The number of nitrogens with zero attached hydrogens (tertiary/aromatic N) is 1. The second kappa shape index (κ2) is 3.60. The smallest absolute Gasteiger partial charge is 0.324 e. The van der Waals surface area contributed by atoms with Gasteiger partial charge in [-0.15, -0.1) is 0 Å². The van der Waals surface area contributed by atoms with Gasteiger partial charge in [0.05, 0.1) is 12.6 Å². The van der Waals surface area contributed by atoms with E-state index in [4.69, 9.17) is 5.73 Å². The standard InChI is InChI=1S/C6H9F3N2O2/c7-6(8,9)3-11-5(1-12)4(10)2-13-11/h1,4-5H,2-3,10H2/t4-,5?/m0/s1. The van der Waals surface area contributed by atoms with Crippen LogP contribution in [0.4, 0.5) is 13.2 Å². The molecule has 13 heavy (non-hydrogen) atoms. The van der Waals surface area contributed by atoms with Gasteiger partial charge in [-0.2, -0.15) is 18.2 Å². The minimum Gasteiger partial charge on any atom is -0.324 e. The van der Waals surface area contributed by atoms with E-state index < -0.39 is 24.8 Å². The largest absolute Gasteiger partial charge is 0.403 e. The molecule has 0 amide bonds. The monoisotopic (exact) mass is 198 g/mol. The molecule has 0 saturated carbocycles. The Labute approximate surface area is 72.4 Å². The number of nitrogens with two attached hydrogens (primary N) is 1. The minimum atomic E-state index is -4.38. The Bertz CT molecular complexity index is 197. The second-order valence-corrected chi connectivity index (χ2v) is 2.78. The van der Waals surface area contributed by atoms with Crippen molar-refractivity contribution in [1.29, 1.82) is 0 Å². The molecule has 1 aliphatic rings. The maximum Gasteiger partial charge on any atom is 0.403 e. The van der Waals surface area contributed by atoms with Gasteiger partial charge in [0.2, 0.25) is 0 Å². The molecule has 0 spiro atoms. The average Bonchev–Trinajstić information content (AvgIpc) is 2.28. The van der Waals surface area contributed by atoms with Gasteiger partial charge >= 0.3 is 6.18 Å². The number of hydrogen-bond acceptors (Lipinski definition) is 4. The molecule has 1 heterocycles. The highest BCUT2D eigenvalue weighted by molar-refractivity contribution is 5.59. The average molecular weight is 198 g/mol. The molecular formula is C6H9F3N2O2. The van der Waals surface area contributed by atoms with Crippen LogP contribution >= 0.6 is 0 Å². The van der Waals surface area contributed by atoms with Crippen LogP contribution in [0, 0.1) is 0 Å². The van der Waals surface area contributed by atoms with Crippen LogP contribution in [0.3, 0.4) is 0 Å². The highest BCUT2D eigenvalue weighted by atomic mass is 19.4. The van der Waals surface area contributed by atoms with Gasteiger partial charge in [-0.25, -0.2) is 0 Å². The van der Waals surface area contributed by atoms with Gasteiger partial charge in [0, 0.05) is 0 Å². The Kier molecular flexibility index (Phi) is 2.89. The number of hydroxylamine groups is 2. The quantitative estimate of drug-likeness (QED) is 0.618. The molecule has 0 aromatic rings. The van der Waals surface area contributed by atoms with Crippen LogP contribution in [0.1, 0.15) is 0 Å². The number of carbonyl (C=O) groups excluding carboxylic acids is 1. The van der Waals surface area contributed by atoms with E-state index in [1.54, 1.807) is 0 Å². The number of halogens is 3. The van der Waals surface area contributed by atoms with E-state index in [0.29, 0.717) is 11.3 Å². The van der Waals surface area contributed by atoms with Crippen molar-refractivity contribution in [3.63, 3.8) is 0 Å². The third kappa shape index (κ3) is 2.64. The molecule has 1 aliphatic heterocycles. The Balaban J connectivity index is 2.56. The summed E-state index contributed by atoms with van der Waals surface area (Å²) in [4.78, 5) is 14.9. The van der Waals surface area contributed by atoms with Crippen molar-refractivity contribution in [2.75, 3.05) is 13.2 Å². The van der Waals surface area contributed by atoms with E-state index in [0.717, 1.165) is 0 Å². The third-order valence-electron chi connectivity index (χ3n) is 1.68. The first-order valence-electron chi connectivity index (χ1n) is 3.61. The summed E-state index contributed by atoms with van der Waals surface area (Å²) in [6, 6.07) is -1.68.